The Hall–Kier alpha value is -2.53. The van der Waals surface area contributed by atoms with E-state index in [0.29, 0.717) is 10.7 Å². The Morgan fingerprint density at radius 1 is 1.17 bits per heavy atom. The highest BCUT2D eigenvalue weighted by Gasteiger charge is 2.15. The second-order valence-corrected chi connectivity index (χ2v) is 5.49. The van der Waals surface area contributed by atoms with Crippen LogP contribution in [0.5, 0.6) is 5.75 Å². The van der Waals surface area contributed by atoms with Gasteiger partial charge < -0.3 is 15.2 Å². The second-order valence-electron chi connectivity index (χ2n) is 5.05. The number of esters is 1. The maximum Gasteiger partial charge on any atom is 0.342 e. The van der Waals surface area contributed by atoms with Gasteiger partial charge in [0.25, 0.3) is 5.91 Å². The van der Waals surface area contributed by atoms with E-state index in [-0.39, 0.29) is 11.3 Å². The smallest absolute Gasteiger partial charge is 0.342 e. The van der Waals surface area contributed by atoms with E-state index in [1.807, 2.05) is 32.0 Å². The van der Waals surface area contributed by atoms with Crippen LogP contribution < -0.4 is 5.32 Å². The predicted octanol–water partition coefficient (Wildman–Crippen LogP) is 3.46. The molecular formula is C17H16ClNO4. The van der Waals surface area contributed by atoms with Crippen molar-refractivity contribution in [3.05, 3.63) is 58.1 Å². The minimum Gasteiger partial charge on any atom is -0.507 e. The number of benzene rings is 2. The SMILES string of the molecule is Cc1cccc(C)c1NC(=O)COC(=O)c1ccc(Cl)cc1O. The lowest BCUT2D eigenvalue weighted by atomic mass is 10.1. The van der Waals surface area contributed by atoms with Gasteiger partial charge in [0.2, 0.25) is 0 Å². The first-order chi connectivity index (χ1) is 10.9. The molecule has 0 bridgehead atoms. The van der Waals surface area contributed by atoms with Crippen molar-refractivity contribution in [2.45, 2.75) is 13.8 Å². The normalized spacial score (nSPS) is 10.2. The lowest BCUT2D eigenvalue weighted by Gasteiger charge is -2.12. The van der Waals surface area contributed by atoms with E-state index >= 15 is 0 Å². The van der Waals surface area contributed by atoms with Crippen LogP contribution in [0.3, 0.4) is 0 Å². The molecule has 0 saturated carbocycles. The van der Waals surface area contributed by atoms with Gasteiger partial charge in [0, 0.05) is 10.7 Å². The summed E-state index contributed by atoms with van der Waals surface area (Å²) >= 11 is 5.69. The fourth-order valence-electron chi connectivity index (χ4n) is 2.07. The summed E-state index contributed by atoms with van der Waals surface area (Å²) in [6.45, 7) is 3.30. The van der Waals surface area contributed by atoms with Gasteiger partial charge in [-0.05, 0) is 43.2 Å². The van der Waals surface area contributed by atoms with Crippen molar-refractivity contribution in [3.8, 4) is 5.75 Å². The summed E-state index contributed by atoms with van der Waals surface area (Å²) in [7, 11) is 0. The number of halogens is 1. The zero-order chi connectivity index (χ0) is 17.0. The molecule has 0 aromatic heterocycles. The van der Waals surface area contributed by atoms with Gasteiger partial charge in [0.05, 0.1) is 0 Å². The monoisotopic (exact) mass is 333 g/mol. The summed E-state index contributed by atoms with van der Waals surface area (Å²) < 4.78 is 4.91. The number of carbonyl (C=O) groups excluding carboxylic acids is 2. The van der Waals surface area contributed by atoms with E-state index in [9.17, 15) is 14.7 Å². The molecule has 2 aromatic rings. The Bertz CT molecular complexity index is 738. The standard InChI is InChI=1S/C17H16ClNO4/c1-10-4-3-5-11(2)16(10)19-15(21)9-23-17(22)13-7-6-12(18)8-14(13)20/h3-8,20H,9H2,1-2H3,(H,19,21). The van der Waals surface area contributed by atoms with Gasteiger partial charge in [-0.25, -0.2) is 4.79 Å². The first kappa shape index (κ1) is 16.8. The van der Waals surface area contributed by atoms with Gasteiger partial charge >= 0.3 is 5.97 Å². The van der Waals surface area contributed by atoms with Gasteiger partial charge in [0.1, 0.15) is 11.3 Å². The van der Waals surface area contributed by atoms with Gasteiger partial charge in [-0.1, -0.05) is 29.8 Å². The Morgan fingerprint density at radius 2 is 1.83 bits per heavy atom. The Balaban J connectivity index is 1.98. The highest BCUT2D eigenvalue weighted by atomic mass is 35.5. The molecule has 120 valence electrons. The number of hydrogen-bond acceptors (Lipinski definition) is 4. The van der Waals surface area contributed by atoms with E-state index in [1.54, 1.807) is 0 Å². The highest BCUT2D eigenvalue weighted by molar-refractivity contribution is 6.30. The quantitative estimate of drug-likeness (QED) is 0.840. The molecule has 0 atom stereocenters. The van der Waals surface area contributed by atoms with Crippen LogP contribution in [0.4, 0.5) is 5.69 Å². The van der Waals surface area contributed by atoms with E-state index in [4.69, 9.17) is 16.3 Å². The number of carbonyl (C=O) groups is 2. The second kappa shape index (κ2) is 7.15. The van der Waals surface area contributed by atoms with Crippen molar-refractivity contribution in [2.24, 2.45) is 0 Å². The molecule has 0 spiro atoms. The Kier molecular flexibility index (Phi) is 5.24. The molecule has 0 saturated heterocycles. The number of para-hydroxylation sites is 1. The third-order valence-electron chi connectivity index (χ3n) is 3.26. The fraction of sp³-hybridized carbons (Fsp3) is 0.176. The molecule has 5 nitrogen and oxygen atoms in total. The molecule has 2 aromatic carbocycles. The minimum atomic E-state index is -0.796. The van der Waals surface area contributed by atoms with Crippen LogP contribution in [0.15, 0.2) is 36.4 Å². The van der Waals surface area contributed by atoms with Crippen molar-refractivity contribution < 1.29 is 19.4 Å². The average molecular weight is 334 g/mol. The van der Waals surface area contributed by atoms with E-state index in [2.05, 4.69) is 5.32 Å². The third-order valence-corrected chi connectivity index (χ3v) is 3.49. The number of phenolic OH excluding ortho intramolecular Hbond substituents is 1. The fourth-order valence-corrected chi connectivity index (χ4v) is 2.24. The summed E-state index contributed by atoms with van der Waals surface area (Å²) in [4.78, 5) is 23.8. The van der Waals surface area contributed by atoms with E-state index < -0.39 is 18.5 Å². The maximum absolute atomic E-state index is 11.9. The molecule has 1 amide bonds. The molecule has 0 radical (unpaired) electrons. The maximum atomic E-state index is 11.9. The van der Waals surface area contributed by atoms with Gasteiger partial charge in [-0.15, -0.1) is 0 Å². The van der Waals surface area contributed by atoms with Crippen molar-refractivity contribution in [1.82, 2.24) is 0 Å². The van der Waals surface area contributed by atoms with Crippen molar-refractivity contribution in [2.75, 3.05) is 11.9 Å². The van der Waals surface area contributed by atoms with Crippen LogP contribution >= 0.6 is 11.6 Å². The van der Waals surface area contributed by atoms with Crippen molar-refractivity contribution in [3.63, 3.8) is 0 Å². The summed E-state index contributed by atoms with van der Waals surface area (Å²) in [5.41, 5.74) is 2.48. The summed E-state index contributed by atoms with van der Waals surface area (Å²) in [6, 6.07) is 9.66. The number of nitrogens with one attached hydrogen (secondary N) is 1. The number of amides is 1. The third kappa shape index (κ3) is 4.23. The molecule has 0 aliphatic rings. The molecular weight excluding hydrogens is 318 g/mol. The molecule has 2 rings (SSSR count). The molecule has 0 unspecified atom stereocenters. The molecule has 2 N–H and O–H groups in total. The average Bonchev–Trinajstić information content (AvgIpc) is 2.49. The zero-order valence-corrected chi connectivity index (χ0v) is 13.5. The first-order valence-corrected chi connectivity index (χ1v) is 7.28. The van der Waals surface area contributed by atoms with Gasteiger partial charge in [-0.3, -0.25) is 4.79 Å². The lowest BCUT2D eigenvalue weighted by molar-refractivity contribution is -0.119. The van der Waals surface area contributed by atoms with Crippen LogP contribution in [-0.2, 0) is 9.53 Å². The molecule has 0 aliphatic carbocycles. The van der Waals surface area contributed by atoms with Crippen LogP contribution in [-0.4, -0.2) is 23.6 Å². The molecule has 6 heteroatoms. The predicted molar refractivity (Wildman–Crippen MR) is 87.9 cm³/mol. The molecule has 0 heterocycles. The van der Waals surface area contributed by atoms with E-state index in [1.165, 1.54) is 18.2 Å². The van der Waals surface area contributed by atoms with Crippen molar-refractivity contribution >= 4 is 29.2 Å². The lowest BCUT2D eigenvalue weighted by Crippen LogP contribution is -2.21. The number of ether oxygens (including phenoxy) is 1. The van der Waals surface area contributed by atoms with Crippen LogP contribution in [0, 0.1) is 13.8 Å². The number of aromatic hydroxyl groups is 1. The highest BCUT2D eigenvalue weighted by Crippen LogP contribution is 2.23. The molecule has 23 heavy (non-hydrogen) atoms. The topological polar surface area (TPSA) is 75.6 Å². The summed E-state index contributed by atoms with van der Waals surface area (Å²) in [6.07, 6.45) is 0. The minimum absolute atomic E-state index is 0.0470. The van der Waals surface area contributed by atoms with Crippen LogP contribution in [0.25, 0.3) is 0 Å². The summed E-state index contributed by atoms with van der Waals surface area (Å²) in [5.74, 6) is -1.54. The molecule has 0 fully saturated rings. The number of anilines is 1. The molecule has 0 aliphatic heterocycles. The van der Waals surface area contributed by atoms with Crippen molar-refractivity contribution in [1.29, 1.82) is 0 Å². The van der Waals surface area contributed by atoms with Gasteiger partial charge in [-0.2, -0.15) is 0 Å². The Morgan fingerprint density at radius 3 is 2.43 bits per heavy atom. The number of aryl methyl sites for hydroxylation is 2. The van der Waals surface area contributed by atoms with Crippen LogP contribution in [0.1, 0.15) is 21.5 Å². The first-order valence-electron chi connectivity index (χ1n) is 6.90. The van der Waals surface area contributed by atoms with Gasteiger partial charge in [0.15, 0.2) is 6.61 Å². The zero-order valence-electron chi connectivity index (χ0n) is 12.7. The number of phenols is 1. The van der Waals surface area contributed by atoms with E-state index in [0.717, 1.165) is 11.1 Å². The summed E-state index contributed by atoms with van der Waals surface area (Å²) in [5, 5.41) is 12.7. The number of rotatable bonds is 4. The Labute approximate surface area is 138 Å². The van der Waals surface area contributed by atoms with Crippen LogP contribution in [0.2, 0.25) is 5.02 Å². The largest absolute Gasteiger partial charge is 0.507 e. The number of hydrogen-bond donors (Lipinski definition) is 2.